The van der Waals surface area contributed by atoms with Gasteiger partial charge in [0.1, 0.15) is 5.70 Å². The maximum absolute atomic E-state index is 12.4. The average Bonchev–Trinajstić information content (AvgIpc) is 2.88. The Bertz CT molecular complexity index is 781. The molecule has 0 aromatic rings. The Hall–Kier alpha value is -1.78. The van der Waals surface area contributed by atoms with E-state index in [1.165, 1.54) is 4.90 Å². The number of guanidine groups is 1. The molecule has 0 aromatic carbocycles. The maximum Gasteiger partial charge on any atom is 0.353 e. The van der Waals surface area contributed by atoms with Crippen LogP contribution in [0, 0.1) is 17.2 Å². The van der Waals surface area contributed by atoms with Crippen LogP contribution in [-0.2, 0) is 9.59 Å². The number of β-lactam (4-membered cyclic amide) rings is 1. The van der Waals surface area contributed by atoms with Crippen LogP contribution in [0.25, 0.3) is 0 Å². The normalized spacial score (nSPS) is 36.8. The summed E-state index contributed by atoms with van der Waals surface area (Å²) in [5, 5.41) is 31.3. The number of nitrogens with two attached hydrogens (primary N) is 1. The quantitative estimate of drug-likeness (QED) is 0.228. The van der Waals surface area contributed by atoms with Crippen molar-refractivity contribution in [3.63, 3.8) is 0 Å². The lowest BCUT2D eigenvalue weighted by atomic mass is 9.79. The van der Waals surface area contributed by atoms with Gasteiger partial charge in [-0.1, -0.05) is 6.92 Å². The topological polar surface area (TPSA) is 143 Å². The van der Waals surface area contributed by atoms with Crippen LogP contribution in [0.2, 0.25) is 0 Å². The fraction of sp³-hybridized carbons (Fsp3) is 0.750. The second-order valence-corrected chi connectivity index (χ2v) is 10.4. The van der Waals surface area contributed by atoms with Gasteiger partial charge in [0.15, 0.2) is 5.96 Å². The van der Waals surface area contributed by atoms with Gasteiger partial charge in [0.05, 0.1) is 18.1 Å². The number of carbonyl (C=O) groups is 2. The highest BCUT2D eigenvalue weighted by atomic mass is 32.2. The van der Waals surface area contributed by atoms with E-state index in [0.29, 0.717) is 17.3 Å². The summed E-state index contributed by atoms with van der Waals surface area (Å²) in [7, 11) is 0. The monoisotopic (exact) mass is 437 g/mol. The van der Waals surface area contributed by atoms with Gasteiger partial charge in [-0.05, 0) is 32.6 Å². The number of hydrogen-bond acceptors (Lipinski definition) is 6. The van der Waals surface area contributed by atoms with Crippen molar-refractivity contribution in [1.29, 1.82) is 5.41 Å². The van der Waals surface area contributed by atoms with Gasteiger partial charge in [-0.25, -0.2) is 4.79 Å². The molecular formula is C20H31N5O4S. The molecule has 3 fully saturated rings. The molecule has 0 aromatic heterocycles. The van der Waals surface area contributed by atoms with Crippen molar-refractivity contribution < 1.29 is 19.8 Å². The molecule has 4 rings (SSSR count). The molecular weight excluding hydrogens is 406 g/mol. The van der Waals surface area contributed by atoms with Crippen molar-refractivity contribution in [3.05, 3.63) is 10.6 Å². The van der Waals surface area contributed by atoms with Crippen LogP contribution >= 0.6 is 11.8 Å². The lowest BCUT2D eigenvalue weighted by Crippen LogP contribution is -2.63. The molecule has 166 valence electrons. The summed E-state index contributed by atoms with van der Waals surface area (Å²) in [6.07, 6.45) is 3.21. The summed E-state index contributed by atoms with van der Waals surface area (Å²) in [6.45, 7) is 5.16. The van der Waals surface area contributed by atoms with Crippen LogP contribution < -0.4 is 11.1 Å². The van der Waals surface area contributed by atoms with Crippen molar-refractivity contribution in [2.24, 2.45) is 17.6 Å². The van der Waals surface area contributed by atoms with E-state index in [-0.39, 0.29) is 29.5 Å². The Labute approximate surface area is 180 Å². The van der Waals surface area contributed by atoms with E-state index in [1.807, 2.05) is 11.8 Å². The number of fused-ring (bicyclic) bond motifs is 1. The molecule has 0 spiro atoms. The summed E-state index contributed by atoms with van der Waals surface area (Å²) in [5.41, 5.74) is 5.73. The summed E-state index contributed by atoms with van der Waals surface area (Å²) in [5.74, 6) is -1.81. The Kier molecular flexibility index (Phi) is 5.75. The van der Waals surface area contributed by atoms with Crippen molar-refractivity contribution >= 4 is 29.6 Å². The van der Waals surface area contributed by atoms with E-state index < -0.39 is 18.0 Å². The molecule has 0 unspecified atom stereocenters. The highest BCUT2D eigenvalue weighted by molar-refractivity contribution is 8.03. The first-order chi connectivity index (χ1) is 14.2. The number of likely N-dealkylation sites (tertiary alicyclic amines) is 1. The van der Waals surface area contributed by atoms with Gasteiger partial charge in [0.25, 0.3) is 0 Å². The highest BCUT2D eigenvalue weighted by Crippen LogP contribution is 2.53. The number of thioether (sulfide) groups is 1. The summed E-state index contributed by atoms with van der Waals surface area (Å²) in [6, 6.07) is 0.456. The van der Waals surface area contributed by atoms with E-state index in [4.69, 9.17) is 11.1 Å². The molecule has 30 heavy (non-hydrogen) atoms. The first kappa shape index (κ1) is 21.5. The van der Waals surface area contributed by atoms with Gasteiger partial charge in [-0.3, -0.25) is 10.2 Å². The molecule has 1 aliphatic carbocycles. The summed E-state index contributed by atoms with van der Waals surface area (Å²) >= 11 is 1.59. The zero-order valence-electron chi connectivity index (χ0n) is 17.4. The molecule has 3 heterocycles. The van der Waals surface area contributed by atoms with Crippen LogP contribution in [0.5, 0.6) is 0 Å². The Morgan fingerprint density at radius 3 is 2.67 bits per heavy atom. The first-order valence-electron chi connectivity index (χ1n) is 10.7. The summed E-state index contributed by atoms with van der Waals surface area (Å²) < 4.78 is 0. The van der Waals surface area contributed by atoms with Gasteiger partial charge in [-0.15, -0.1) is 11.8 Å². The van der Waals surface area contributed by atoms with Gasteiger partial charge in [-0.2, -0.15) is 0 Å². The molecule has 1 saturated carbocycles. The van der Waals surface area contributed by atoms with Gasteiger partial charge < -0.3 is 31.1 Å². The summed E-state index contributed by atoms with van der Waals surface area (Å²) in [4.78, 5) is 28.4. The molecule has 0 bridgehead atoms. The zero-order chi connectivity index (χ0) is 21.7. The minimum Gasteiger partial charge on any atom is -0.477 e. The third-order valence-corrected chi connectivity index (χ3v) is 8.47. The van der Waals surface area contributed by atoms with E-state index in [2.05, 4.69) is 5.32 Å². The molecule has 2 saturated heterocycles. The number of carboxylic acids is 1. The molecule has 5 atom stereocenters. The third-order valence-electron chi connectivity index (χ3n) is 6.93. The largest absolute Gasteiger partial charge is 0.477 e. The molecule has 0 radical (unpaired) electrons. The number of hydrogen-bond donors (Lipinski definition) is 5. The minimum atomic E-state index is -1.07. The SMILES string of the molecule is C[C@@H](O)[C@H]1C(=O)N2C(C(=O)O)=C(SC3CC(N[C@H]4CCCN(C(=N)N)C4)C3)[C@H](C)[C@H]12. The highest BCUT2D eigenvalue weighted by Gasteiger charge is 2.60. The fourth-order valence-electron chi connectivity index (χ4n) is 5.32. The minimum absolute atomic E-state index is 0.0760. The molecule has 9 nitrogen and oxygen atoms in total. The van der Waals surface area contributed by atoms with E-state index in [1.54, 1.807) is 18.7 Å². The second-order valence-electron chi connectivity index (χ2n) is 9.02. The standard InChI is InChI=1S/C20H31N5O4S/c1-9-15-14(10(2)26)18(27)25(15)16(19(28)29)17(9)30-13-6-12(7-13)23-11-4-3-5-24(8-11)20(21)22/h9-15,23,26H,3-8H2,1-2H3,(H3,21,22)(H,28,29)/t9-,10-,11+,12?,13?,14-,15-/m1/s1. The van der Waals surface area contributed by atoms with Crippen LogP contribution in [0.3, 0.4) is 0 Å². The van der Waals surface area contributed by atoms with Crippen molar-refractivity contribution in [1.82, 2.24) is 15.1 Å². The lowest BCUT2D eigenvalue weighted by molar-refractivity contribution is -0.163. The zero-order valence-corrected chi connectivity index (χ0v) is 18.2. The molecule has 6 N–H and O–H groups in total. The number of amides is 1. The number of aliphatic hydroxyl groups excluding tert-OH is 1. The number of carbonyl (C=O) groups excluding carboxylic acids is 1. The van der Waals surface area contributed by atoms with Crippen molar-refractivity contribution in [3.8, 4) is 0 Å². The number of piperidine rings is 1. The fourth-order valence-corrected chi connectivity index (χ4v) is 6.99. The van der Waals surface area contributed by atoms with Crippen LogP contribution in [0.1, 0.15) is 39.5 Å². The van der Waals surface area contributed by atoms with E-state index in [9.17, 15) is 19.8 Å². The molecule has 4 aliphatic rings. The van der Waals surface area contributed by atoms with Crippen molar-refractivity contribution in [2.75, 3.05) is 13.1 Å². The lowest BCUT2D eigenvalue weighted by Gasteiger charge is -2.46. The Morgan fingerprint density at radius 1 is 1.37 bits per heavy atom. The first-order valence-corrected chi connectivity index (χ1v) is 11.6. The second kappa shape index (κ2) is 8.05. The van der Waals surface area contributed by atoms with Gasteiger partial charge >= 0.3 is 5.97 Å². The maximum atomic E-state index is 12.4. The number of aliphatic carboxylic acids is 1. The smallest absolute Gasteiger partial charge is 0.353 e. The molecule has 3 aliphatic heterocycles. The Morgan fingerprint density at radius 2 is 2.07 bits per heavy atom. The number of nitrogens with zero attached hydrogens (tertiary/aromatic N) is 2. The van der Waals surface area contributed by atoms with Crippen LogP contribution in [-0.4, -0.2) is 80.4 Å². The Balaban J connectivity index is 1.35. The van der Waals surface area contributed by atoms with Gasteiger partial charge in [0.2, 0.25) is 5.91 Å². The van der Waals surface area contributed by atoms with E-state index in [0.717, 1.165) is 43.7 Å². The van der Waals surface area contributed by atoms with Crippen molar-refractivity contribution in [2.45, 2.75) is 69.0 Å². The van der Waals surface area contributed by atoms with Gasteiger partial charge in [0, 0.05) is 41.2 Å². The number of nitrogens with one attached hydrogen (secondary N) is 2. The molecule has 10 heteroatoms. The number of rotatable bonds is 6. The van der Waals surface area contributed by atoms with E-state index >= 15 is 0 Å². The number of carboxylic acid groups (broad SMARTS) is 1. The third kappa shape index (κ3) is 3.58. The van der Waals surface area contributed by atoms with Crippen LogP contribution in [0.4, 0.5) is 0 Å². The molecule has 1 amide bonds. The number of aliphatic hydroxyl groups is 1. The predicted octanol–water partition coefficient (Wildman–Crippen LogP) is 0.352. The average molecular weight is 438 g/mol. The predicted molar refractivity (Wildman–Crippen MR) is 114 cm³/mol. The van der Waals surface area contributed by atoms with Crippen LogP contribution in [0.15, 0.2) is 10.6 Å².